The fourth-order valence-corrected chi connectivity index (χ4v) is 1.75. The van der Waals surface area contributed by atoms with Crippen molar-refractivity contribution in [3.63, 3.8) is 0 Å². The lowest BCUT2D eigenvalue weighted by Crippen LogP contribution is -2.27. The molecule has 4 heteroatoms. The number of nitriles is 1. The van der Waals surface area contributed by atoms with Gasteiger partial charge in [0, 0.05) is 24.9 Å². The van der Waals surface area contributed by atoms with E-state index in [1.165, 1.54) is 0 Å². The molecule has 0 radical (unpaired) electrons. The highest BCUT2D eigenvalue weighted by Gasteiger charge is 2.08. The van der Waals surface area contributed by atoms with Crippen molar-refractivity contribution in [1.29, 1.82) is 5.26 Å². The summed E-state index contributed by atoms with van der Waals surface area (Å²) in [6, 6.07) is 9.84. The van der Waals surface area contributed by atoms with Crippen LogP contribution in [0.1, 0.15) is 19.4 Å². The maximum Gasteiger partial charge on any atom is 0.328 e. The van der Waals surface area contributed by atoms with Crippen molar-refractivity contribution in [2.75, 3.05) is 18.0 Å². The molecule has 1 N–H and O–H groups in total. The van der Waals surface area contributed by atoms with Crippen molar-refractivity contribution in [3.8, 4) is 6.07 Å². The van der Waals surface area contributed by atoms with Crippen LogP contribution in [-0.2, 0) is 4.79 Å². The van der Waals surface area contributed by atoms with Gasteiger partial charge in [-0.2, -0.15) is 5.26 Å². The van der Waals surface area contributed by atoms with Crippen molar-refractivity contribution < 1.29 is 9.90 Å². The Morgan fingerprint density at radius 1 is 1.47 bits per heavy atom. The fourth-order valence-electron chi connectivity index (χ4n) is 1.75. The van der Waals surface area contributed by atoms with E-state index in [-0.39, 0.29) is 5.92 Å². The van der Waals surface area contributed by atoms with Gasteiger partial charge >= 0.3 is 5.97 Å². The van der Waals surface area contributed by atoms with Gasteiger partial charge < -0.3 is 10.0 Å². The lowest BCUT2D eigenvalue weighted by Gasteiger charge is -2.24. The number of carbonyl (C=O) groups is 1. The molecule has 0 aliphatic carbocycles. The van der Waals surface area contributed by atoms with Crippen LogP contribution >= 0.6 is 0 Å². The van der Waals surface area contributed by atoms with Crippen molar-refractivity contribution in [3.05, 3.63) is 35.9 Å². The first-order valence-electron chi connectivity index (χ1n) is 6.22. The number of hydrogen-bond acceptors (Lipinski definition) is 3. The van der Waals surface area contributed by atoms with Crippen LogP contribution < -0.4 is 4.90 Å². The molecule has 0 heterocycles. The standard InChI is InChI=1S/C15H18N2O2/c1-3-17(11-12(2)10-16)14-7-4-13(5-8-14)6-9-15(18)19/h4-9,12H,3,11H2,1-2H3,(H,18,19). The number of carboxylic acids is 1. The van der Waals surface area contributed by atoms with E-state index in [1.807, 2.05) is 38.1 Å². The fraction of sp³-hybridized carbons (Fsp3) is 0.333. The van der Waals surface area contributed by atoms with Gasteiger partial charge in [-0.25, -0.2) is 4.79 Å². The minimum absolute atomic E-state index is 0.0217. The molecule has 0 amide bonds. The van der Waals surface area contributed by atoms with Gasteiger partial charge in [0.15, 0.2) is 0 Å². The monoisotopic (exact) mass is 258 g/mol. The predicted octanol–water partition coefficient (Wildman–Crippen LogP) is 2.77. The van der Waals surface area contributed by atoms with Crippen molar-refractivity contribution in [2.45, 2.75) is 13.8 Å². The van der Waals surface area contributed by atoms with E-state index in [0.717, 1.165) is 23.9 Å². The third kappa shape index (κ3) is 4.84. The zero-order valence-corrected chi connectivity index (χ0v) is 11.2. The van der Waals surface area contributed by atoms with Gasteiger partial charge in [-0.15, -0.1) is 0 Å². The zero-order valence-electron chi connectivity index (χ0n) is 11.2. The highest BCUT2D eigenvalue weighted by atomic mass is 16.4. The molecule has 1 unspecified atom stereocenters. The van der Waals surface area contributed by atoms with Crippen LogP contribution in [-0.4, -0.2) is 24.2 Å². The Hall–Kier alpha value is -2.28. The average molecular weight is 258 g/mol. The van der Waals surface area contributed by atoms with E-state index in [9.17, 15) is 4.79 Å². The first-order chi connectivity index (χ1) is 9.06. The van der Waals surface area contributed by atoms with Gasteiger partial charge in [-0.05, 0) is 37.6 Å². The van der Waals surface area contributed by atoms with Gasteiger partial charge in [0.25, 0.3) is 0 Å². The molecule has 4 nitrogen and oxygen atoms in total. The quantitative estimate of drug-likeness (QED) is 0.797. The summed E-state index contributed by atoms with van der Waals surface area (Å²) in [6.07, 6.45) is 2.67. The molecule has 0 saturated carbocycles. The van der Waals surface area contributed by atoms with E-state index in [0.29, 0.717) is 6.54 Å². The highest BCUT2D eigenvalue weighted by molar-refractivity contribution is 5.85. The Balaban J connectivity index is 2.79. The van der Waals surface area contributed by atoms with Crippen LogP contribution in [0.25, 0.3) is 6.08 Å². The lowest BCUT2D eigenvalue weighted by atomic mass is 10.1. The molecule has 1 aromatic rings. The summed E-state index contributed by atoms with van der Waals surface area (Å²) >= 11 is 0. The smallest absolute Gasteiger partial charge is 0.328 e. The minimum atomic E-state index is -0.956. The number of nitrogens with zero attached hydrogens (tertiary/aromatic N) is 2. The Morgan fingerprint density at radius 2 is 2.11 bits per heavy atom. The number of anilines is 1. The molecule has 0 spiro atoms. The Labute approximate surface area is 113 Å². The van der Waals surface area contributed by atoms with Crippen LogP contribution in [0, 0.1) is 17.2 Å². The number of hydrogen-bond donors (Lipinski definition) is 1. The first-order valence-corrected chi connectivity index (χ1v) is 6.22. The normalized spacial score (nSPS) is 12.1. The van der Waals surface area contributed by atoms with Gasteiger partial charge in [0.2, 0.25) is 0 Å². The molecule has 0 bridgehead atoms. The minimum Gasteiger partial charge on any atom is -0.478 e. The van der Waals surface area contributed by atoms with E-state index < -0.39 is 5.97 Å². The maximum atomic E-state index is 10.4. The predicted molar refractivity (Wildman–Crippen MR) is 75.8 cm³/mol. The van der Waals surface area contributed by atoms with E-state index in [4.69, 9.17) is 10.4 Å². The largest absolute Gasteiger partial charge is 0.478 e. The second-order valence-corrected chi connectivity index (χ2v) is 4.33. The van der Waals surface area contributed by atoms with Crippen molar-refractivity contribution in [2.24, 2.45) is 5.92 Å². The summed E-state index contributed by atoms with van der Waals surface area (Å²) in [6.45, 7) is 5.46. The average Bonchev–Trinajstić information content (AvgIpc) is 2.42. The van der Waals surface area contributed by atoms with E-state index in [1.54, 1.807) is 6.08 Å². The van der Waals surface area contributed by atoms with Crippen molar-refractivity contribution in [1.82, 2.24) is 0 Å². The summed E-state index contributed by atoms with van der Waals surface area (Å²) in [5.74, 6) is -0.978. The Morgan fingerprint density at radius 3 is 2.58 bits per heavy atom. The second-order valence-electron chi connectivity index (χ2n) is 4.33. The van der Waals surface area contributed by atoms with Gasteiger partial charge in [-0.3, -0.25) is 0 Å². The van der Waals surface area contributed by atoms with Crippen LogP contribution in [0.3, 0.4) is 0 Å². The first kappa shape index (κ1) is 14.8. The van der Waals surface area contributed by atoms with E-state index >= 15 is 0 Å². The Bertz CT molecular complexity index is 486. The zero-order chi connectivity index (χ0) is 14.3. The number of aliphatic carboxylic acids is 1. The van der Waals surface area contributed by atoms with Crippen LogP contribution in [0.2, 0.25) is 0 Å². The number of rotatable bonds is 6. The SMILES string of the molecule is CCN(CC(C)C#N)c1ccc(C=CC(=O)O)cc1. The van der Waals surface area contributed by atoms with Gasteiger partial charge in [0.1, 0.15) is 0 Å². The molecule has 0 saturated heterocycles. The topological polar surface area (TPSA) is 64.3 Å². The molecule has 1 atom stereocenters. The Kier molecular flexibility index (Phi) is 5.62. The van der Waals surface area contributed by atoms with Crippen molar-refractivity contribution >= 4 is 17.7 Å². The second kappa shape index (κ2) is 7.22. The highest BCUT2D eigenvalue weighted by Crippen LogP contribution is 2.17. The lowest BCUT2D eigenvalue weighted by molar-refractivity contribution is -0.131. The summed E-state index contributed by atoms with van der Waals surface area (Å²) in [5.41, 5.74) is 1.88. The van der Waals surface area contributed by atoms with Gasteiger partial charge in [0.05, 0.1) is 12.0 Å². The van der Waals surface area contributed by atoms with Gasteiger partial charge in [-0.1, -0.05) is 12.1 Å². The van der Waals surface area contributed by atoms with Crippen LogP contribution in [0.4, 0.5) is 5.69 Å². The third-order valence-corrected chi connectivity index (χ3v) is 2.77. The molecule has 0 aliphatic rings. The molecular formula is C15H18N2O2. The molecule has 19 heavy (non-hydrogen) atoms. The summed E-state index contributed by atoms with van der Waals surface area (Å²) < 4.78 is 0. The summed E-state index contributed by atoms with van der Waals surface area (Å²) in [7, 11) is 0. The summed E-state index contributed by atoms with van der Waals surface area (Å²) in [5, 5.41) is 17.4. The van der Waals surface area contributed by atoms with E-state index in [2.05, 4.69) is 11.0 Å². The molecule has 1 rings (SSSR count). The molecule has 0 aliphatic heterocycles. The van der Waals surface area contributed by atoms with Crippen LogP contribution in [0.15, 0.2) is 30.3 Å². The molecule has 0 fully saturated rings. The number of carboxylic acid groups (broad SMARTS) is 1. The molecular weight excluding hydrogens is 240 g/mol. The molecule has 100 valence electrons. The van der Waals surface area contributed by atoms with Crippen LogP contribution in [0.5, 0.6) is 0 Å². The molecule has 1 aromatic carbocycles. The maximum absolute atomic E-state index is 10.4. The molecule has 0 aromatic heterocycles. The number of benzene rings is 1. The third-order valence-electron chi connectivity index (χ3n) is 2.77. The summed E-state index contributed by atoms with van der Waals surface area (Å²) in [4.78, 5) is 12.5.